The number of aryl methyl sites for hydroxylation is 1. The molecule has 0 atom stereocenters. The van der Waals surface area contributed by atoms with Crippen LogP contribution in [0.3, 0.4) is 0 Å². The zero-order valence-corrected chi connectivity index (χ0v) is 12.6. The molecule has 6 nitrogen and oxygen atoms in total. The second-order valence-corrected chi connectivity index (χ2v) is 5.13. The number of hydrogen-bond donors (Lipinski definition) is 1. The Kier molecular flexibility index (Phi) is 3.79. The number of hydrogen-bond acceptors (Lipinski definition) is 4. The molecule has 0 aliphatic heterocycles. The highest BCUT2D eigenvalue weighted by atomic mass is 35.5. The Labute approximate surface area is 135 Å². The fourth-order valence-corrected chi connectivity index (χ4v) is 2.54. The molecule has 0 spiro atoms. The van der Waals surface area contributed by atoms with Gasteiger partial charge in [0.2, 0.25) is 0 Å². The number of halogens is 2. The topological polar surface area (TPSA) is 80.9 Å². The predicted octanol–water partition coefficient (Wildman–Crippen LogP) is 3.13. The molecular weight excluding hydrogens is 323 g/mol. The third kappa shape index (κ3) is 2.55. The lowest BCUT2D eigenvalue weighted by molar-refractivity contribution is 0.0692. The van der Waals surface area contributed by atoms with Crippen molar-refractivity contribution in [3.8, 4) is 16.8 Å². The summed E-state index contributed by atoms with van der Waals surface area (Å²) in [4.78, 5) is 11.4. The number of aromatic nitrogens is 4. The van der Waals surface area contributed by atoms with Gasteiger partial charge in [-0.1, -0.05) is 41.9 Å². The van der Waals surface area contributed by atoms with E-state index in [4.69, 9.17) is 11.6 Å². The van der Waals surface area contributed by atoms with Crippen molar-refractivity contribution in [1.82, 2.24) is 20.2 Å². The summed E-state index contributed by atoms with van der Waals surface area (Å²) in [5.41, 5.74) is 0.221. The van der Waals surface area contributed by atoms with Crippen molar-refractivity contribution in [2.75, 3.05) is 0 Å². The van der Waals surface area contributed by atoms with E-state index >= 15 is 0 Å². The highest BCUT2D eigenvalue weighted by Gasteiger charge is 2.25. The van der Waals surface area contributed by atoms with Gasteiger partial charge in [-0.05, 0) is 29.0 Å². The maximum Gasteiger partial charge on any atom is 0.340 e. The average molecular weight is 333 g/mol. The first-order valence-corrected chi connectivity index (χ1v) is 6.94. The Bertz CT molecular complexity index is 896. The van der Waals surface area contributed by atoms with E-state index in [1.54, 1.807) is 37.3 Å². The minimum Gasteiger partial charge on any atom is -0.478 e. The summed E-state index contributed by atoms with van der Waals surface area (Å²) < 4.78 is 15.9. The normalized spacial score (nSPS) is 10.7. The molecule has 116 valence electrons. The largest absolute Gasteiger partial charge is 0.478 e. The van der Waals surface area contributed by atoms with E-state index in [-0.39, 0.29) is 16.3 Å². The third-order valence-electron chi connectivity index (χ3n) is 3.33. The Morgan fingerprint density at radius 3 is 2.57 bits per heavy atom. The van der Waals surface area contributed by atoms with Gasteiger partial charge in [0.15, 0.2) is 5.82 Å². The third-order valence-corrected chi connectivity index (χ3v) is 3.72. The maximum atomic E-state index is 14.7. The number of carboxylic acids is 1. The van der Waals surface area contributed by atoms with Crippen molar-refractivity contribution in [3.63, 3.8) is 0 Å². The van der Waals surface area contributed by atoms with E-state index < -0.39 is 17.3 Å². The lowest BCUT2D eigenvalue weighted by Gasteiger charge is -2.13. The quantitative estimate of drug-likeness (QED) is 0.797. The molecule has 0 saturated heterocycles. The van der Waals surface area contributed by atoms with Crippen molar-refractivity contribution in [2.24, 2.45) is 0 Å². The molecule has 0 radical (unpaired) electrons. The molecule has 0 unspecified atom stereocenters. The van der Waals surface area contributed by atoms with Gasteiger partial charge in [0.1, 0.15) is 11.4 Å². The molecule has 1 N–H and O–H groups in total. The van der Waals surface area contributed by atoms with Gasteiger partial charge < -0.3 is 5.11 Å². The first kappa shape index (κ1) is 15.1. The Hall–Kier alpha value is -2.80. The zero-order valence-electron chi connectivity index (χ0n) is 11.9. The number of carbonyl (C=O) groups is 1. The summed E-state index contributed by atoms with van der Waals surface area (Å²) in [5, 5.41) is 20.1. The minimum absolute atomic E-state index is 0.109. The van der Waals surface area contributed by atoms with Gasteiger partial charge in [-0.3, -0.25) is 0 Å². The second kappa shape index (κ2) is 5.77. The molecule has 0 aliphatic carbocycles. The van der Waals surface area contributed by atoms with Crippen LogP contribution in [-0.4, -0.2) is 31.3 Å². The zero-order chi connectivity index (χ0) is 16.6. The number of carboxylic acid groups (broad SMARTS) is 1. The first-order chi connectivity index (χ1) is 11.0. The fourth-order valence-electron chi connectivity index (χ4n) is 2.25. The molecule has 0 bridgehead atoms. The van der Waals surface area contributed by atoms with Crippen LogP contribution in [-0.2, 0) is 0 Å². The minimum atomic E-state index is -1.46. The van der Waals surface area contributed by atoms with Crippen molar-refractivity contribution < 1.29 is 14.3 Å². The molecule has 1 aromatic heterocycles. The highest BCUT2D eigenvalue weighted by molar-refractivity contribution is 6.35. The molecule has 0 saturated carbocycles. The van der Waals surface area contributed by atoms with Crippen molar-refractivity contribution in [1.29, 1.82) is 0 Å². The van der Waals surface area contributed by atoms with Crippen LogP contribution in [0.25, 0.3) is 16.8 Å². The van der Waals surface area contributed by atoms with Gasteiger partial charge >= 0.3 is 5.97 Å². The molecule has 0 fully saturated rings. The summed E-state index contributed by atoms with van der Waals surface area (Å²) in [7, 11) is 0. The van der Waals surface area contributed by atoms with Crippen molar-refractivity contribution in [3.05, 3.63) is 58.6 Å². The van der Waals surface area contributed by atoms with Crippen LogP contribution < -0.4 is 0 Å². The van der Waals surface area contributed by atoms with Crippen molar-refractivity contribution in [2.45, 2.75) is 6.92 Å². The molecule has 3 rings (SSSR count). The number of rotatable bonds is 3. The fraction of sp³-hybridized carbons (Fsp3) is 0.0667. The van der Waals surface area contributed by atoms with Gasteiger partial charge in [-0.25, -0.2) is 9.18 Å². The first-order valence-electron chi connectivity index (χ1n) is 6.56. The van der Waals surface area contributed by atoms with Gasteiger partial charge in [-0.2, -0.15) is 4.68 Å². The van der Waals surface area contributed by atoms with Gasteiger partial charge in [0.05, 0.1) is 10.7 Å². The molecule has 2 aromatic carbocycles. The van der Waals surface area contributed by atoms with E-state index in [2.05, 4.69) is 15.5 Å². The Morgan fingerprint density at radius 1 is 1.30 bits per heavy atom. The molecule has 1 heterocycles. The SMILES string of the molecule is Cc1nnnn1-c1cc(-c2ccccc2)c(F)c(C(=O)O)c1Cl. The van der Waals surface area contributed by atoms with Crippen molar-refractivity contribution >= 4 is 17.6 Å². The van der Waals surface area contributed by atoms with Crippen LogP contribution in [0.5, 0.6) is 0 Å². The molecular formula is C15H10ClFN4O2. The highest BCUT2D eigenvalue weighted by Crippen LogP contribution is 2.34. The van der Waals surface area contributed by atoms with Crippen LogP contribution >= 0.6 is 11.6 Å². The lowest BCUT2D eigenvalue weighted by atomic mass is 10.0. The van der Waals surface area contributed by atoms with E-state index in [1.165, 1.54) is 10.7 Å². The predicted molar refractivity (Wildman–Crippen MR) is 81.3 cm³/mol. The van der Waals surface area contributed by atoms with Crippen LogP contribution in [0, 0.1) is 12.7 Å². The maximum absolute atomic E-state index is 14.7. The van der Waals surface area contributed by atoms with E-state index in [1.807, 2.05) is 0 Å². The molecule has 23 heavy (non-hydrogen) atoms. The van der Waals surface area contributed by atoms with E-state index in [9.17, 15) is 14.3 Å². The number of tetrazole rings is 1. The molecule has 3 aromatic rings. The van der Waals surface area contributed by atoms with Crippen LogP contribution in [0.1, 0.15) is 16.2 Å². The summed E-state index contributed by atoms with van der Waals surface area (Å²) >= 11 is 6.09. The summed E-state index contributed by atoms with van der Waals surface area (Å²) in [6, 6.07) is 10.0. The summed E-state index contributed by atoms with van der Waals surface area (Å²) in [5.74, 6) is -1.96. The van der Waals surface area contributed by atoms with Crippen LogP contribution in [0.2, 0.25) is 5.02 Å². The Balaban J connectivity index is 2.36. The average Bonchev–Trinajstić information content (AvgIpc) is 2.94. The van der Waals surface area contributed by atoms with E-state index in [0.717, 1.165) is 0 Å². The second-order valence-electron chi connectivity index (χ2n) is 4.76. The van der Waals surface area contributed by atoms with Crippen LogP contribution in [0.15, 0.2) is 36.4 Å². The Morgan fingerprint density at radius 2 is 2.00 bits per heavy atom. The number of aromatic carboxylic acids is 1. The van der Waals surface area contributed by atoms with Gasteiger partial charge in [-0.15, -0.1) is 5.10 Å². The molecule has 0 aliphatic rings. The molecule has 8 heteroatoms. The smallest absolute Gasteiger partial charge is 0.340 e. The lowest BCUT2D eigenvalue weighted by Crippen LogP contribution is -2.09. The molecule has 0 amide bonds. The monoisotopic (exact) mass is 332 g/mol. The summed E-state index contributed by atoms with van der Waals surface area (Å²) in [6.07, 6.45) is 0. The summed E-state index contributed by atoms with van der Waals surface area (Å²) in [6.45, 7) is 1.63. The van der Waals surface area contributed by atoms with Crippen LogP contribution in [0.4, 0.5) is 4.39 Å². The number of nitrogens with zero attached hydrogens (tertiary/aromatic N) is 4. The van der Waals surface area contributed by atoms with Gasteiger partial charge in [0.25, 0.3) is 0 Å². The standard InChI is InChI=1S/C15H10ClFN4O2/c1-8-18-19-20-21(8)11-7-10(9-5-3-2-4-6-9)14(17)12(13(11)16)15(22)23/h2-7H,1H3,(H,22,23). The van der Waals surface area contributed by atoms with E-state index in [0.29, 0.717) is 11.4 Å². The van der Waals surface area contributed by atoms with Gasteiger partial charge in [0, 0.05) is 5.56 Å². The number of benzene rings is 2.